The summed E-state index contributed by atoms with van der Waals surface area (Å²) in [6.45, 7) is 4.04. The number of carbonyl (C=O) groups is 1. The Kier molecular flexibility index (Phi) is 7.50. The highest BCUT2D eigenvalue weighted by atomic mass is 16.5. The lowest BCUT2D eigenvalue weighted by Crippen LogP contribution is -2.26. The highest BCUT2D eigenvalue weighted by Gasteiger charge is 2.05. The molecule has 0 heterocycles. The minimum absolute atomic E-state index is 0.111. The lowest BCUT2D eigenvalue weighted by atomic mass is 9.97. The third-order valence-corrected chi connectivity index (χ3v) is 4.00. The first kappa shape index (κ1) is 17.4. The number of benzene rings is 1. The minimum Gasteiger partial charge on any atom is -0.494 e. The van der Waals surface area contributed by atoms with E-state index in [0.717, 1.165) is 24.4 Å². The van der Waals surface area contributed by atoms with Crippen LogP contribution in [-0.2, 0) is 4.79 Å². The van der Waals surface area contributed by atoms with Gasteiger partial charge in [-0.3, -0.25) is 4.79 Å². The molecule has 1 aliphatic rings. The van der Waals surface area contributed by atoms with E-state index in [0.29, 0.717) is 19.6 Å². The molecule has 126 valence electrons. The van der Waals surface area contributed by atoms with E-state index in [1.54, 1.807) is 0 Å². The normalized spacial score (nSPS) is 14.0. The Bertz CT molecular complexity index is 509. The first-order chi connectivity index (χ1) is 11.3. The van der Waals surface area contributed by atoms with Crippen molar-refractivity contribution in [2.24, 2.45) is 0 Å². The molecule has 1 aromatic carbocycles. The zero-order chi connectivity index (χ0) is 16.3. The zero-order valence-corrected chi connectivity index (χ0v) is 14.1. The first-order valence-corrected chi connectivity index (χ1v) is 8.69. The van der Waals surface area contributed by atoms with E-state index in [9.17, 15) is 4.79 Å². The average molecular weight is 316 g/mol. The van der Waals surface area contributed by atoms with E-state index in [-0.39, 0.29) is 5.91 Å². The molecule has 4 nitrogen and oxygen atoms in total. The van der Waals surface area contributed by atoms with Gasteiger partial charge < -0.3 is 15.4 Å². The van der Waals surface area contributed by atoms with Crippen LogP contribution in [0.5, 0.6) is 5.75 Å². The molecule has 0 fully saturated rings. The molecule has 0 aromatic heterocycles. The van der Waals surface area contributed by atoms with Crippen LogP contribution in [0.25, 0.3) is 0 Å². The number of carbonyl (C=O) groups excluding carboxylic acids is 1. The summed E-state index contributed by atoms with van der Waals surface area (Å²) in [4.78, 5) is 11.8. The fraction of sp³-hybridized carbons (Fsp3) is 0.526. The van der Waals surface area contributed by atoms with Gasteiger partial charge in [-0.1, -0.05) is 11.6 Å². The smallest absolute Gasteiger partial charge is 0.221 e. The molecule has 1 aliphatic carbocycles. The molecule has 1 amide bonds. The van der Waals surface area contributed by atoms with Crippen LogP contribution in [0.2, 0.25) is 0 Å². The van der Waals surface area contributed by atoms with Gasteiger partial charge in [-0.25, -0.2) is 0 Å². The fourth-order valence-corrected chi connectivity index (χ4v) is 2.74. The Labute approximate surface area is 139 Å². The van der Waals surface area contributed by atoms with Crippen LogP contribution >= 0.6 is 0 Å². The van der Waals surface area contributed by atoms with Gasteiger partial charge in [0.15, 0.2) is 0 Å². The minimum atomic E-state index is 0.111. The second-order valence-corrected chi connectivity index (χ2v) is 5.84. The lowest BCUT2D eigenvalue weighted by molar-refractivity contribution is -0.120. The summed E-state index contributed by atoms with van der Waals surface area (Å²) in [5, 5.41) is 6.26. The topological polar surface area (TPSA) is 50.4 Å². The highest BCUT2D eigenvalue weighted by Crippen LogP contribution is 2.19. The second kappa shape index (κ2) is 9.93. The van der Waals surface area contributed by atoms with Gasteiger partial charge in [0, 0.05) is 25.2 Å². The van der Waals surface area contributed by atoms with Crippen molar-refractivity contribution in [3.63, 3.8) is 0 Å². The Morgan fingerprint density at radius 1 is 1.17 bits per heavy atom. The van der Waals surface area contributed by atoms with E-state index in [1.807, 2.05) is 31.2 Å². The number of allylic oxidation sites excluding steroid dienone is 1. The van der Waals surface area contributed by atoms with Gasteiger partial charge in [0.25, 0.3) is 0 Å². The van der Waals surface area contributed by atoms with Gasteiger partial charge in [-0.15, -0.1) is 0 Å². The van der Waals surface area contributed by atoms with Crippen molar-refractivity contribution < 1.29 is 9.53 Å². The molecular weight excluding hydrogens is 288 g/mol. The molecule has 0 spiro atoms. The van der Waals surface area contributed by atoms with Crippen LogP contribution in [0.15, 0.2) is 35.9 Å². The second-order valence-electron chi connectivity index (χ2n) is 5.84. The molecule has 2 N–H and O–H groups in total. The molecule has 0 radical (unpaired) electrons. The van der Waals surface area contributed by atoms with Crippen LogP contribution in [0.3, 0.4) is 0 Å². The highest BCUT2D eigenvalue weighted by molar-refractivity contribution is 5.76. The molecular formula is C19H28N2O2. The summed E-state index contributed by atoms with van der Waals surface area (Å²) >= 11 is 0. The van der Waals surface area contributed by atoms with Crippen molar-refractivity contribution >= 4 is 11.6 Å². The largest absolute Gasteiger partial charge is 0.494 e. The molecule has 0 aliphatic heterocycles. The van der Waals surface area contributed by atoms with Gasteiger partial charge in [-0.05, 0) is 63.3 Å². The van der Waals surface area contributed by atoms with Crippen LogP contribution in [-0.4, -0.2) is 25.6 Å². The standard InChI is InChI=1S/C19H28N2O2/c1-2-23-18-10-8-17(9-11-18)20-15-13-19(22)21-14-12-16-6-4-3-5-7-16/h6,8-11,20H,2-5,7,12-15H2,1H3,(H,21,22). The van der Waals surface area contributed by atoms with Gasteiger partial charge in [-0.2, -0.15) is 0 Å². The number of nitrogens with one attached hydrogen (secondary N) is 2. The van der Waals surface area contributed by atoms with E-state index in [1.165, 1.54) is 31.3 Å². The quantitative estimate of drug-likeness (QED) is 0.679. The molecule has 0 unspecified atom stereocenters. The number of anilines is 1. The maximum atomic E-state index is 11.8. The molecule has 23 heavy (non-hydrogen) atoms. The summed E-state index contributed by atoms with van der Waals surface area (Å²) < 4.78 is 5.40. The van der Waals surface area contributed by atoms with Crippen LogP contribution < -0.4 is 15.4 Å². The van der Waals surface area contributed by atoms with Crippen LogP contribution in [0.4, 0.5) is 5.69 Å². The van der Waals surface area contributed by atoms with E-state index in [4.69, 9.17) is 4.74 Å². The third-order valence-electron chi connectivity index (χ3n) is 4.00. The van der Waals surface area contributed by atoms with Crippen LogP contribution in [0, 0.1) is 0 Å². The first-order valence-electron chi connectivity index (χ1n) is 8.69. The van der Waals surface area contributed by atoms with E-state index >= 15 is 0 Å². The Hall–Kier alpha value is -1.97. The summed E-state index contributed by atoms with van der Waals surface area (Å²) in [7, 11) is 0. The maximum Gasteiger partial charge on any atom is 0.221 e. The fourth-order valence-electron chi connectivity index (χ4n) is 2.74. The van der Waals surface area contributed by atoms with Gasteiger partial charge in [0.05, 0.1) is 6.61 Å². The number of hydrogen-bond acceptors (Lipinski definition) is 3. The Balaban J connectivity index is 1.58. The monoisotopic (exact) mass is 316 g/mol. The summed E-state index contributed by atoms with van der Waals surface area (Å²) in [5.41, 5.74) is 2.51. The molecule has 0 atom stereocenters. The van der Waals surface area contributed by atoms with Crippen LogP contribution in [0.1, 0.15) is 45.4 Å². The van der Waals surface area contributed by atoms with Crippen molar-refractivity contribution in [2.75, 3.05) is 25.0 Å². The molecule has 0 saturated carbocycles. The molecule has 2 rings (SSSR count). The molecule has 4 heteroatoms. The Morgan fingerprint density at radius 2 is 2.00 bits per heavy atom. The van der Waals surface area contributed by atoms with E-state index in [2.05, 4.69) is 16.7 Å². The molecule has 1 aromatic rings. The number of amides is 1. The van der Waals surface area contributed by atoms with E-state index < -0.39 is 0 Å². The summed E-state index contributed by atoms with van der Waals surface area (Å²) in [5.74, 6) is 0.979. The lowest BCUT2D eigenvalue weighted by Gasteiger charge is -2.13. The van der Waals surface area contributed by atoms with Gasteiger partial charge in [0.2, 0.25) is 5.91 Å². The van der Waals surface area contributed by atoms with Crippen molar-refractivity contribution in [1.82, 2.24) is 5.32 Å². The molecule has 0 saturated heterocycles. The zero-order valence-electron chi connectivity index (χ0n) is 14.1. The average Bonchev–Trinajstić information content (AvgIpc) is 2.58. The van der Waals surface area contributed by atoms with Crippen molar-refractivity contribution in [2.45, 2.75) is 45.4 Å². The Morgan fingerprint density at radius 3 is 2.70 bits per heavy atom. The van der Waals surface area contributed by atoms with Crippen molar-refractivity contribution in [3.05, 3.63) is 35.9 Å². The number of ether oxygens (including phenoxy) is 1. The SMILES string of the molecule is CCOc1ccc(NCCC(=O)NCCC2=CCCCC2)cc1. The van der Waals surface area contributed by atoms with Gasteiger partial charge in [0.1, 0.15) is 5.75 Å². The summed E-state index contributed by atoms with van der Waals surface area (Å²) in [6, 6.07) is 7.81. The predicted molar refractivity (Wildman–Crippen MR) is 94.9 cm³/mol. The van der Waals surface area contributed by atoms with Gasteiger partial charge >= 0.3 is 0 Å². The summed E-state index contributed by atoms with van der Waals surface area (Å²) in [6.07, 6.45) is 8.84. The predicted octanol–water partition coefficient (Wildman–Crippen LogP) is 3.89. The third kappa shape index (κ3) is 6.76. The van der Waals surface area contributed by atoms with Crippen molar-refractivity contribution in [3.8, 4) is 5.75 Å². The number of rotatable bonds is 9. The van der Waals surface area contributed by atoms with Crippen molar-refractivity contribution in [1.29, 1.82) is 0 Å². The number of hydrogen-bond donors (Lipinski definition) is 2. The molecule has 0 bridgehead atoms. The maximum absolute atomic E-state index is 11.8.